The van der Waals surface area contributed by atoms with Crippen LogP contribution in [0.3, 0.4) is 0 Å². The van der Waals surface area contributed by atoms with Gasteiger partial charge in [-0.15, -0.1) is 0 Å². The molecule has 4 amide bonds. The van der Waals surface area contributed by atoms with E-state index in [-0.39, 0.29) is 23.6 Å². The summed E-state index contributed by atoms with van der Waals surface area (Å²) in [5.74, 6) is 1.12. The topological polar surface area (TPSA) is 145 Å². The molecule has 8 rings (SSSR count). The zero-order valence-corrected chi connectivity index (χ0v) is 37.3. The molecule has 6 aromatic rings. The molecule has 2 aliphatic rings. The molecule has 0 saturated carbocycles. The number of nitrogens with one attached hydrogen (secondary N) is 2. The Labute approximate surface area is 374 Å². The van der Waals surface area contributed by atoms with Crippen molar-refractivity contribution in [2.75, 3.05) is 67.5 Å². The molecule has 14 heteroatoms. The van der Waals surface area contributed by atoms with Crippen LogP contribution in [0.2, 0.25) is 0 Å². The number of amides is 4. The molecule has 4 unspecified atom stereocenters. The number of benzene rings is 4. The zero-order chi connectivity index (χ0) is 45.1. The summed E-state index contributed by atoms with van der Waals surface area (Å²) < 4.78 is 0. The summed E-state index contributed by atoms with van der Waals surface area (Å²) in [4.78, 5) is 81.3. The zero-order valence-electron chi connectivity index (χ0n) is 37.3. The Balaban J connectivity index is 0.982. The maximum Gasteiger partial charge on any atom is 0.245 e. The lowest BCUT2D eigenvalue weighted by molar-refractivity contribution is -0.146. The molecule has 4 atom stereocenters. The number of rotatable bonds is 11. The number of piperazine rings is 2. The third-order valence-electron chi connectivity index (χ3n) is 12.5. The van der Waals surface area contributed by atoms with Crippen LogP contribution in [0, 0.1) is 0 Å². The normalized spacial score (nSPS) is 17.8. The number of H-pyrrole nitrogens is 2. The minimum atomic E-state index is -0.480. The molecular weight excluding hydrogens is 805 g/mol. The summed E-state index contributed by atoms with van der Waals surface area (Å²) in [5.41, 5.74) is 7.40. The Morgan fingerprint density at radius 3 is 1.19 bits per heavy atom. The van der Waals surface area contributed by atoms with Gasteiger partial charge in [-0.05, 0) is 61.6 Å². The summed E-state index contributed by atoms with van der Waals surface area (Å²) in [6.45, 7) is 5.54. The molecule has 330 valence electrons. The molecule has 0 aliphatic carbocycles. The average molecular weight is 861 g/mol. The second-order valence-electron chi connectivity index (χ2n) is 17.1. The lowest BCUT2D eigenvalue weighted by Crippen LogP contribution is -2.54. The molecule has 2 fully saturated rings. The fourth-order valence-electron chi connectivity index (χ4n) is 9.03. The number of carbonyl (C=O) groups is 4. The first-order valence-corrected chi connectivity index (χ1v) is 21.7. The molecule has 14 nitrogen and oxygen atoms in total. The van der Waals surface area contributed by atoms with Crippen molar-refractivity contribution in [2.45, 2.75) is 38.0 Å². The molecule has 0 radical (unpaired) electrons. The number of hydrogen-bond acceptors (Lipinski definition) is 8. The smallest absolute Gasteiger partial charge is 0.245 e. The van der Waals surface area contributed by atoms with Gasteiger partial charge in [-0.1, -0.05) is 109 Å². The highest BCUT2D eigenvalue weighted by molar-refractivity contribution is 5.85. The van der Waals surface area contributed by atoms with E-state index in [2.05, 4.69) is 34.2 Å². The third kappa shape index (κ3) is 9.10. The van der Waals surface area contributed by atoms with Gasteiger partial charge < -0.3 is 29.6 Å². The molecule has 0 spiro atoms. The molecule has 2 aromatic heterocycles. The molecule has 0 bridgehead atoms. The number of carbonyl (C=O) groups excluding carboxylic acids is 4. The largest absolute Gasteiger partial charge is 0.340 e. The maximum atomic E-state index is 14.3. The second kappa shape index (κ2) is 18.8. The lowest BCUT2D eigenvalue weighted by atomic mass is 10.0. The summed E-state index contributed by atoms with van der Waals surface area (Å²) in [6, 6.07) is 34.1. The van der Waals surface area contributed by atoms with E-state index in [1.54, 1.807) is 36.0 Å². The van der Waals surface area contributed by atoms with Gasteiger partial charge in [0.1, 0.15) is 35.8 Å². The summed E-state index contributed by atoms with van der Waals surface area (Å²) in [5, 5.41) is 0. The summed E-state index contributed by atoms with van der Waals surface area (Å²) in [7, 11) is 7.63. The average Bonchev–Trinajstić information content (AvgIpc) is 4.01. The predicted molar refractivity (Wildman–Crippen MR) is 246 cm³/mol. The number of likely N-dealkylation sites (N-methyl/N-ethyl adjacent to an activating group) is 2. The molecule has 4 heterocycles. The van der Waals surface area contributed by atoms with Crippen LogP contribution in [-0.4, -0.2) is 140 Å². The predicted octanol–water partition coefficient (Wildman–Crippen LogP) is 6.20. The van der Waals surface area contributed by atoms with Gasteiger partial charge in [0.2, 0.25) is 23.6 Å². The van der Waals surface area contributed by atoms with Crippen LogP contribution in [0.5, 0.6) is 0 Å². The van der Waals surface area contributed by atoms with Gasteiger partial charge >= 0.3 is 0 Å². The van der Waals surface area contributed by atoms with E-state index in [0.29, 0.717) is 50.9 Å². The van der Waals surface area contributed by atoms with Crippen molar-refractivity contribution in [3.05, 3.63) is 144 Å². The van der Waals surface area contributed by atoms with E-state index >= 15 is 0 Å². The second-order valence-corrected chi connectivity index (χ2v) is 17.1. The van der Waals surface area contributed by atoms with Crippen LogP contribution < -0.4 is 0 Å². The van der Waals surface area contributed by atoms with Crippen LogP contribution >= 0.6 is 0 Å². The van der Waals surface area contributed by atoms with E-state index in [1.807, 2.05) is 133 Å². The van der Waals surface area contributed by atoms with Gasteiger partial charge in [0.05, 0.1) is 23.8 Å². The molecule has 2 N–H and O–H groups in total. The quantitative estimate of drug-likeness (QED) is 0.157. The number of hydrogen-bond donors (Lipinski definition) is 2. The number of nitrogens with zero attached hydrogens (tertiary/aromatic N) is 8. The first-order valence-electron chi connectivity index (χ1n) is 21.7. The number of imidazole rings is 2. The number of aromatic nitrogens is 4. The van der Waals surface area contributed by atoms with Crippen LogP contribution in [0.25, 0.3) is 33.6 Å². The van der Waals surface area contributed by atoms with E-state index < -0.39 is 24.2 Å². The Bertz CT molecular complexity index is 2390. The highest BCUT2D eigenvalue weighted by Gasteiger charge is 2.40. The third-order valence-corrected chi connectivity index (χ3v) is 12.5. The maximum absolute atomic E-state index is 14.3. The van der Waals surface area contributed by atoms with Crippen molar-refractivity contribution in [1.82, 2.24) is 49.3 Å². The monoisotopic (exact) mass is 860 g/mol. The van der Waals surface area contributed by atoms with Crippen molar-refractivity contribution < 1.29 is 19.2 Å². The Hall–Kier alpha value is -6.90. The SMILES string of the molecule is CC(=O)N1CCN(C(=O)C(c2ccccc2)N(C)C)C(c2ncc(-c3ccc(-c4ccc(-c5cnc(C6CN(C(C)=O)CCN6C(=O)C(c6ccccc6)N(C)C)[nH]5)cc4)cc3)[nH]2)C1. The van der Waals surface area contributed by atoms with Crippen LogP contribution in [0.4, 0.5) is 0 Å². The van der Waals surface area contributed by atoms with Gasteiger partial charge in [0.15, 0.2) is 0 Å². The van der Waals surface area contributed by atoms with E-state index in [4.69, 9.17) is 9.97 Å². The van der Waals surface area contributed by atoms with Gasteiger partial charge in [-0.25, -0.2) is 9.97 Å². The molecular formula is C50H56N10O4. The van der Waals surface area contributed by atoms with E-state index in [1.165, 1.54) is 0 Å². The minimum absolute atomic E-state index is 0.0340. The standard InChI is InChI=1S/C50H56N10O4/c1-33(61)57-25-27-59(49(63)45(55(3)4)39-13-9-7-10-14-39)43(31-57)47-51-29-41(53-47)37-21-17-35(18-22-37)36-19-23-38(24-20-36)42-30-52-48(54-42)44-32-58(34(2)62)26-28-60(44)50(64)46(56(5)6)40-15-11-8-12-16-40/h7-24,29-30,43-46H,25-28,31-32H2,1-6H3,(H,51,53)(H,52,54). The molecule has 2 saturated heterocycles. The van der Waals surface area contributed by atoms with Crippen LogP contribution in [-0.2, 0) is 19.2 Å². The van der Waals surface area contributed by atoms with Crippen molar-refractivity contribution >= 4 is 23.6 Å². The Kier molecular flexibility index (Phi) is 12.9. The lowest BCUT2D eigenvalue weighted by Gasteiger charge is -2.42. The molecule has 64 heavy (non-hydrogen) atoms. The van der Waals surface area contributed by atoms with Crippen LogP contribution in [0.1, 0.15) is 60.8 Å². The first kappa shape index (κ1) is 43.7. The van der Waals surface area contributed by atoms with E-state index in [0.717, 1.165) is 44.8 Å². The summed E-state index contributed by atoms with van der Waals surface area (Å²) in [6.07, 6.45) is 3.58. The van der Waals surface area contributed by atoms with Crippen molar-refractivity contribution in [1.29, 1.82) is 0 Å². The Morgan fingerprint density at radius 2 is 0.859 bits per heavy atom. The first-order chi connectivity index (χ1) is 30.9. The minimum Gasteiger partial charge on any atom is -0.340 e. The van der Waals surface area contributed by atoms with Gasteiger partial charge in [-0.2, -0.15) is 0 Å². The number of aromatic amines is 2. The van der Waals surface area contributed by atoms with Crippen molar-refractivity contribution in [3.63, 3.8) is 0 Å². The van der Waals surface area contributed by atoms with Gasteiger partial charge in [0, 0.05) is 53.1 Å². The summed E-state index contributed by atoms with van der Waals surface area (Å²) >= 11 is 0. The van der Waals surface area contributed by atoms with Gasteiger partial charge in [-0.3, -0.25) is 29.0 Å². The molecule has 4 aromatic carbocycles. The fraction of sp³-hybridized carbons (Fsp3) is 0.320. The molecule has 2 aliphatic heterocycles. The highest BCUT2D eigenvalue weighted by Crippen LogP contribution is 2.34. The van der Waals surface area contributed by atoms with Crippen LogP contribution in [0.15, 0.2) is 122 Å². The highest BCUT2D eigenvalue weighted by atomic mass is 16.2. The van der Waals surface area contributed by atoms with E-state index in [9.17, 15) is 19.2 Å². The Morgan fingerprint density at radius 1 is 0.516 bits per heavy atom. The van der Waals surface area contributed by atoms with Gasteiger partial charge in [0.25, 0.3) is 0 Å². The van der Waals surface area contributed by atoms with Crippen molar-refractivity contribution in [3.8, 4) is 33.6 Å². The van der Waals surface area contributed by atoms with Crippen molar-refractivity contribution in [2.24, 2.45) is 0 Å². The fourth-order valence-corrected chi connectivity index (χ4v) is 9.03.